The van der Waals surface area contributed by atoms with E-state index in [1.54, 1.807) is 13.1 Å². The summed E-state index contributed by atoms with van der Waals surface area (Å²) in [7, 11) is 0. The van der Waals surface area contributed by atoms with E-state index in [1.807, 2.05) is 16.8 Å². The van der Waals surface area contributed by atoms with Crippen molar-refractivity contribution in [1.29, 1.82) is 0 Å². The van der Waals surface area contributed by atoms with Gasteiger partial charge in [-0.1, -0.05) is 6.07 Å². The van der Waals surface area contributed by atoms with Gasteiger partial charge in [0.1, 0.15) is 0 Å². The van der Waals surface area contributed by atoms with Gasteiger partial charge in [-0.3, -0.25) is 4.79 Å². The quantitative estimate of drug-likeness (QED) is 0.698. The third-order valence-electron chi connectivity index (χ3n) is 2.97. The number of ketones is 1. The molecular formula is C12H12N2O. The molecule has 0 aromatic carbocycles. The molecule has 1 saturated carbocycles. The second kappa shape index (κ2) is 2.92. The van der Waals surface area contributed by atoms with E-state index in [-0.39, 0.29) is 5.78 Å². The lowest BCUT2D eigenvalue weighted by atomic mass is 10.1. The fourth-order valence-corrected chi connectivity index (χ4v) is 1.93. The van der Waals surface area contributed by atoms with Gasteiger partial charge < -0.3 is 0 Å². The number of nitrogens with zero attached hydrogens (tertiary/aromatic N) is 2. The molecule has 0 radical (unpaired) electrons. The Morgan fingerprint density at radius 2 is 2.27 bits per heavy atom. The lowest BCUT2D eigenvalue weighted by molar-refractivity contribution is 0.101. The van der Waals surface area contributed by atoms with Crippen LogP contribution in [-0.2, 0) is 0 Å². The van der Waals surface area contributed by atoms with Crippen LogP contribution in [0, 0.1) is 0 Å². The van der Waals surface area contributed by atoms with Crippen LogP contribution in [0.15, 0.2) is 24.5 Å². The van der Waals surface area contributed by atoms with Crippen molar-refractivity contribution in [2.75, 3.05) is 0 Å². The molecule has 1 fully saturated rings. The maximum atomic E-state index is 11.3. The first-order valence-electron chi connectivity index (χ1n) is 5.24. The highest BCUT2D eigenvalue weighted by Gasteiger charge is 2.24. The molecule has 1 aliphatic rings. The molecule has 0 amide bonds. The molecule has 0 aliphatic heterocycles. The Balaban J connectivity index is 2.17. The average molecular weight is 200 g/mol. The Morgan fingerprint density at radius 3 is 2.93 bits per heavy atom. The monoisotopic (exact) mass is 200 g/mol. The summed E-state index contributed by atoms with van der Waals surface area (Å²) in [5, 5.41) is 4.21. The van der Waals surface area contributed by atoms with Crippen LogP contribution in [0.4, 0.5) is 0 Å². The predicted molar refractivity (Wildman–Crippen MR) is 57.2 cm³/mol. The zero-order valence-electron chi connectivity index (χ0n) is 8.60. The summed E-state index contributed by atoms with van der Waals surface area (Å²) in [6.07, 6.45) is 6.26. The van der Waals surface area contributed by atoms with Crippen LogP contribution in [-0.4, -0.2) is 15.4 Å². The summed E-state index contributed by atoms with van der Waals surface area (Å²) < 4.78 is 1.81. The molecule has 0 spiro atoms. The van der Waals surface area contributed by atoms with Crippen molar-refractivity contribution in [3.05, 3.63) is 35.7 Å². The molecule has 1 aliphatic carbocycles. The van der Waals surface area contributed by atoms with Gasteiger partial charge in [-0.25, -0.2) is 4.52 Å². The number of Topliss-reactive ketones (excluding diaryl/α,β-unsaturated/α-hetero) is 1. The summed E-state index contributed by atoms with van der Waals surface area (Å²) >= 11 is 0. The van der Waals surface area contributed by atoms with Crippen LogP contribution >= 0.6 is 0 Å². The number of carbonyl (C=O) groups excluding carboxylic acids is 1. The van der Waals surface area contributed by atoms with E-state index in [0.29, 0.717) is 5.56 Å². The Morgan fingerprint density at radius 1 is 1.47 bits per heavy atom. The lowest BCUT2D eigenvalue weighted by Crippen LogP contribution is -1.93. The minimum absolute atomic E-state index is 0.0733. The Kier molecular flexibility index (Phi) is 1.69. The van der Waals surface area contributed by atoms with Crippen LogP contribution < -0.4 is 0 Å². The highest BCUT2D eigenvalue weighted by atomic mass is 16.1. The van der Waals surface area contributed by atoms with Gasteiger partial charge in [0.25, 0.3) is 0 Å². The van der Waals surface area contributed by atoms with E-state index in [1.165, 1.54) is 18.4 Å². The first-order chi connectivity index (χ1) is 7.25. The summed E-state index contributed by atoms with van der Waals surface area (Å²) in [4.78, 5) is 11.3. The van der Waals surface area contributed by atoms with Gasteiger partial charge in [0.15, 0.2) is 5.78 Å². The van der Waals surface area contributed by atoms with E-state index in [9.17, 15) is 4.79 Å². The molecule has 0 N–H and O–H groups in total. The standard InChI is InChI=1S/C12H12N2O/c1-8(15)11-6-13-14-7-10(9-2-3-9)4-5-12(11)14/h4-7,9H,2-3H2,1H3. The van der Waals surface area contributed by atoms with Crippen molar-refractivity contribution in [3.8, 4) is 0 Å². The van der Waals surface area contributed by atoms with E-state index in [0.717, 1.165) is 11.4 Å². The largest absolute Gasteiger partial charge is 0.294 e. The molecule has 76 valence electrons. The first kappa shape index (κ1) is 8.65. The van der Waals surface area contributed by atoms with Crippen LogP contribution in [0.25, 0.3) is 5.52 Å². The third kappa shape index (κ3) is 1.35. The number of hydrogen-bond donors (Lipinski definition) is 0. The number of pyridine rings is 1. The summed E-state index contributed by atoms with van der Waals surface area (Å²) in [5.74, 6) is 0.795. The third-order valence-corrected chi connectivity index (χ3v) is 2.97. The van der Waals surface area contributed by atoms with Gasteiger partial charge in [0, 0.05) is 6.20 Å². The lowest BCUT2D eigenvalue weighted by Gasteiger charge is -1.99. The van der Waals surface area contributed by atoms with Gasteiger partial charge in [0.05, 0.1) is 17.3 Å². The molecule has 2 aromatic heterocycles. The second-order valence-electron chi connectivity index (χ2n) is 4.18. The molecule has 0 bridgehead atoms. The topological polar surface area (TPSA) is 34.4 Å². The van der Waals surface area contributed by atoms with Crippen molar-refractivity contribution in [2.45, 2.75) is 25.7 Å². The number of carbonyl (C=O) groups is 1. The Hall–Kier alpha value is -1.64. The van der Waals surface area contributed by atoms with Gasteiger partial charge >= 0.3 is 0 Å². The SMILES string of the molecule is CC(=O)c1cnn2cc(C3CC3)ccc12. The normalized spacial score (nSPS) is 15.8. The van der Waals surface area contributed by atoms with Gasteiger partial charge in [-0.05, 0) is 37.3 Å². The Labute approximate surface area is 87.7 Å². The van der Waals surface area contributed by atoms with Crippen molar-refractivity contribution >= 4 is 11.3 Å². The van der Waals surface area contributed by atoms with Gasteiger partial charge in [-0.2, -0.15) is 5.10 Å². The predicted octanol–water partition coefficient (Wildman–Crippen LogP) is 2.41. The first-order valence-corrected chi connectivity index (χ1v) is 5.24. The summed E-state index contributed by atoms with van der Waals surface area (Å²) in [6, 6.07) is 4.11. The highest BCUT2D eigenvalue weighted by Crippen LogP contribution is 2.39. The van der Waals surface area contributed by atoms with Gasteiger partial charge in [0.2, 0.25) is 0 Å². The summed E-state index contributed by atoms with van der Waals surface area (Å²) in [5.41, 5.74) is 2.95. The molecule has 2 aromatic rings. The average Bonchev–Trinajstić information content (AvgIpc) is 2.97. The van der Waals surface area contributed by atoms with Crippen LogP contribution in [0.3, 0.4) is 0 Å². The minimum Gasteiger partial charge on any atom is -0.294 e. The van der Waals surface area contributed by atoms with Gasteiger partial charge in [-0.15, -0.1) is 0 Å². The van der Waals surface area contributed by atoms with E-state index >= 15 is 0 Å². The molecule has 3 nitrogen and oxygen atoms in total. The smallest absolute Gasteiger partial charge is 0.163 e. The summed E-state index contributed by atoms with van der Waals surface area (Å²) in [6.45, 7) is 1.58. The van der Waals surface area contributed by atoms with Crippen molar-refractivity contribution in [3.63, 3.8) is 0 Å². The fourth-order valence-electron chi connectivity index (χ4n) is 1.93. The molecule has 3 rings (SSSR count). The molecule has 2 heterocycles. The van der Waals surface area contributed by atoms with Crippen LogP contribution in [0.1, 0.15) is 41.6 Å². The molecule has 0 unspecified atom stereocenters. The number of aromatic nitrogens is 2. The highest BCUT2D eigenvalue weighted by molar-refractivity contribution is 6.00. The zero-order chi connectivity index (χ0) is 10.4. The maximum absolute atomic E-state index is 11.3. The van der Waals surface area contributed by atoms with E-state index in [2.05, 4.69) is 11.2 Å². The number of fused-ring (bicyclic) bond motifs is 1. The van der Waals surface area contributed by atoms with Crippen molar-refractivity contribution < 1.29 is 4.79 Å². The number of rotatable bonds is 2. The molecule has 3 heteroatoms. The molecular weight excluding hydrogens is 188 g/mol. The minimum atomic E-state index is 0.0733. The molecule has 15 heavy (non-hydrogen) atoms. The zero-order valence-corrected chi connectivity index (χ0v) is 8.60. The maximum Gasteiger partial charge on any atom is 0.163 e. The number of hydrogen-bond acceptors (Lipinski definition) is 2. The molecule has 0 saturated heterocycles. The van der Waals surface area contributed by atoms with Crippen molar-refractivity contribution in [1.82, 2.24) is 9.61 Å². The Bertz CT molecular complexity index is 538. The van der Waals surface area contributed by atoms with Crippen LogP contribution in [0.2, 0.25) is 0 Å². The van der Waals surface area contributed by atoms with E-state index in [4.69, 9.17) is 0 Å². The van der Waals surface area contributed by atoms with Crippen molar-refractivity contribution in [2.24, 2.45) is 0 Å². The fraction of sp³-hybridized carbons (Fsp3) is 0.333. The van der Waals surface area contributed by atoms with E-state index < -0.39 is 0 Å². The second-order valence-corrected chi connectivity index (χ2v) is 4.18. The van der Waals surface area contributed by atoms with Crippen LogP contribution in [0.5, 0.6) is 0 Å². The molecule has 0 atom stereocenters.